The van der Waals surface area contributed by atoms with Gasteiger partial charge in [0.15, 0.2) is 5.13 Å². The molecule has 7 heteroatoms. The molecule has 27 heavy (non-hydrogen) atoms. The third-order valence-electron chi connectivity index (χ3n) is 3.98. The Kier molecular flexibility index (Phi) is 4.52. The highest BCUT2D eigenvalue weighted by molar-refractivity contribution is 7.14. The second-order valence-electron chi connectivity index (χ2n) is 6.11. The fourth-order valence-electron chi connectivity index (χ4n) is 2.71. The number of benzene rings is 1. The van der Waals surface area contributed by atoms with Crippen LogP contribution < -0.4 is 10.6 Å². The van der Waals surface area contributed by atoms with E-state index in [-0.39, 0.29) is 5.91 Å². The number of aryl methyl sites for hydroxylation is 2. The number of rotatable bonds is 4. The van der Waals surface area contributed by atoms with E-state index in [2.05, 4.69) is 25.6 Å². The first-order valence-electron chi connectivity index (χ1n) is 8.42. The van der Waals surface area contributed by atoms with Crippen molar-refractivity contribution in [2.24, 2.45) is 0 Å². The molecule has 0 fully saturated rings. The topological polar surface area (TPSA) is 79.8 Å². The van der Waals surface area contributed by atoms with E-state index in [1.165, 1.54) is 11.3 Å². The number of carbonyl (C=O) groups is 1. The molecule has 1 amide bonds. The van der Waals surface area contributed by atoms with E-state index in [0.717, 1.165) is 22.3 Å². The van der Waals surface area contributed by atoms with Crippen molar-refractivity contribution in [1.29, 1.82) is 0 Å². The van der Waals surface area contributed by atoms with Crippen LogP contribution in [0.5, 0.6) is 0 Å². The zero-order valence-corrected chi connectivity index (χ0v) is 15.7. The Hall–Kier alpha value is -3.32. The van der Waals surface area contributed by atoms with Gasteiger partial charge >= 0.3 is 0 Å². The van der Waals surface area contributed by atoms with Crippen molar-refractivity contribution >= 4 is 44.8 Å². The standard InChI is InChI=1S/C20H17N5OS/c1-12-5-3-8-18(22-12)25-20-24-17(11-27-20)19(26)23-16-7-4-6-15-14(16)10-9-13(2)21-15/h3-11H,1-2H3,(H,23,26)(H,22,24,25). The van der Waals surface area contributed by atoms with Crippen molar-refractivity contribution in [3.63, 3.8) is 0 Å². The Balaban J connectivity index is 1.53. The number of amides is 1. The third kappa shape index (κ3) is 3.78. The first kappa shape index (κ1) is 17.1. The Bertz CT molecular complexity index is 1140. The van der Waals surface area contributed by atoms with Crippen LogP contribution in [0.25, 0.3) is 10.9 Å². The van der Waals surface area contributed by atoms with Crippen LogP contribution in [-0.4, -0.2) is 20.9 Å². The van der Waals surface area contributed by atoms with Gasteiger partial charge in [-0.15, -0.1) is 11.3 Å². The zero-order chi connectivity index (χ0) is 18.8. The van der Waals surface area contributed by atoms with Crippen LogP contribution in [0.1, 0.15) is 21.9 Å². The fourth-order valence-corrected chi connectivity index (χ4v) is 3.41. The Morgan fingerprint density at radius 3 is 2.59 bits per heavy atom. The Morgan fingerprint density at radius 1 is 0.926 bits per heavy atom. The minimum Gasteiger partial charge on any atom is -0.320 e. The predicted octanol–water partition coefficient (Wildman–Crippen LogP) is 4.70. The number of hydrogen-bond acceptors (Lipinski definition) is 6. The Labute approximate surface area is 160 Å². The van der Waals surface area contributed by atoms with Gasteiger partial charge in [0.2, 0.25) is 0 Å². The van der Waals surface area contributed by atoms with Crippen molar-refractivity contribution in [3.05, 3.63) is 71.0 Å². The predicted molar refractivity (Wildman–Crippen MR) is 109 cm³/mol. The highest BCUT2D eigenvalue weighted by atomic mass is 32.1. The summed E-state index contributed by atoms with van der Waals surface area (Å²) in [7, 11) is 0. The lowest BCUT2D eigenvalue weighted by Gasteiger charge is -2.07. The minimum absolute atomic E-state index is 0.260. The maximum absolute atomic E-state index is 12.6. The van der Waals surface area contributed by atoms with Crippen molar-refractivity contribution in [2.45, 2.75) is 13.8 Å². The molecule has 0 radical (unpaired) electrons. The average molecular weight is 375 g/mol. The van der Waals surface area contributed by atoms with Gasteiger partial charge in [0, 0.05) is 22.2 Å². The summed E-state index contributed by atoms with van der Waals surface area (Å²) < 4.78 is 0. The van der Waals surface area contributed by atoms with Crippen molar-refractivity contribution in [2.75, 3.05) is 10.6 Å². The maximum atomic E-state index is 12.6. The molecular formula is C20H17N5OS. The quantitative estimate of drug-likeness (QED) is 0.540. The largest absolute Gasteiger partial charge is 0.320 e. The lowest BCUT2D eigenvalue weighted by molar-refractivity contribution is 0.102. The average Bonchev–Trinajstić information content (AvgIpc) is 3.10. The smallest absolute Gasteiger partial charge is 0.275 e. The molecule has 4 rings (SSSR count). The molecule has 0 atom stereocenters. The van der Waals surface area contributed by atoms with Gasteiger partial charge in [0.25, 0.3) is 5.91 Å². The molecule has 0 bridgehead atoms. The van der Waals surface area contributed by atoms with Crippen molar-refractivity contribution in [3.8, 4) is 0 Å². The molecule has 0 aliphatic carbocycles. The van der Waals surface area contributed by atoms with Gasteiger partial charge in [-0.05, 0) is 50.2 Å². The fraction of sp³-hybridized carbons (Fsp3) is 0.100. The van der Waals surface area contributed by atoms with Crippen LogP contribution in [0.4, 0.5) is 16.6 Å². The van der Waals surface area contributed by atoms with E-state index in [1.807, 2.05) is 62.4 Å². The molecule has 0 unspecified atom stereocenters. The summed E-state index contributed by atoms with van der Waals surface area (Å²) in [4.78, 5) is 25.9. The molecule has 3 aromatic heterocycles. The van der Waals surface area contributed by atoms with Gasteiger partial charge in [-0.25, -0.2) is 9.97 Å². The van der Waals surface area contributed by atoms with Crippen molar-refractivity contribution in [1.82, 2.24) is 15.0 Å². The first-order valence-corrected chi connectivity index (χ1v) is 9.30. The molecule has 3 heterocycles. The SMILES string of the molecule is Cc1cccc(Nc2nc(C(=O)Nc3cccc4nc(C)ccc34)cs2)n1. The van der Waals surface area contributed by atoms with Gasteiger partial charge in [-0.3, -0.25) is 9.78 Å². The van der Waals surface area contributed by atoms with Crippen LogP contribution in [0.2, 0.25) is 0 Å². The maximum Gasteiger partial charge on any atom is 0.275 e. The molecule has 4 aromatic rings. The number of nitrogens with zero attached hydrogens (tertiary/aromatic N) is 3. The lowest BCUT2D eigenvalue weighted by atomic mass is 10.1. The summed E-state index contributed by atoms with van der Waals surface area (Å²) in [6.45, 7) is 3.87. The summed E-state index contributed by atoms with van der Waals surface area (Å²) in [6, 6.07) is 15.3. The number of fused-ring (bicyclic) bond motifs is 1. The summed E-state index contributed by atoms with van der Waals surface area (Å²) in [5, 5.41) is 9.29. The van der Waals surface area contributed by atoms with Crippen LogP contribution in [-0.2, 0) is 0 Å². The molecule has 0 aliphatic rings. The van der Waals surface area contributed by atoms with E-state index in [9.17, 15) is 4.79 Å². The summed E-state index contributed by atoms with van der Waals surface area (Å²) in [5.74, 6) is 0.441. The first-order chi connectivity index (χ1) is 13.1. The van der Waals surface area contributed by atoms with Gasteiger partial charge < -0.3 is 10.6 Å². The normalized spacial score (nSPS) is 10.7. The van der Waals surface area contributed by atoms with Crippen molar-refractivity contribution < 1.29 is 4.79 Å². The van der Waals surface area contributed by atoms with Gasteiger partial charge in [-0.2, -0.15) is 0 Å². The molecule has 1 aromatic carbocycles. The van der Waals surface area contributed by atoms with Crippen LogP contribution in [0, 0.1) is 13.8 Å². The second kappa shape index (κ2) is 7.13. The number of nitrogens with one attached hydrogen (secondary N) is 2. The van der Waals surface area contributed by atoms with Crippen LogP contribution in [0.15, 0.2) is 53.9 Å². The number of thiazole rings is 1. The molecule has 0 spiro atoms. The highest BCUT2D eigenvalue weighted by Gasteiger charge is 2.13. The van der Waals surface area contributed by atoms with Gasteiger partial charge in [-0.1, -0.05) is 12.1 Å². The molecule has 134 valence electrons. The number of anilines is 3. The monoisotopic (exact) mass is 375 g/mol. The molecule has 0 aliphatic heterocycles. The molecular weight excluding hydrogens is 358 g/mol. The number of pyridine rings is 2. The number of carbonyl (C=O) groups excluding carboxylic acids is 1. The van der Waals surface area contributed by atoms with Crippen LogP contribution >= 0.6 is 11.3 Å². The molecule has 2 N–H and O–H groups in total. The molecule has 0 saturated carbocycles. The van der Waals surface area contributed by atoms with Gasteiger partial charge in [0.05, 0.1) is 11.2 Å². The molecule has 6 nitrogen and oxygen atoms in total. The second-order valence-corrected chi connectivity index (χ2v) is 6.96. The third-order valence-corrected chi connectivity index (χ3v) is 4.74. The van der Waals surface area contributed by atoms with E-state index in [4.69, 9.17) is 0 Å². The van der Waals surface area contributed by atoms with E-state index in [1.54, 1.807) is 5.38 Å². The molecule has 0 saturated heterocycles. The zero-order valence-electron chi connectivity index (χ0n) is 14.9. The lowest BCUT2D eigenvalue weighted by Crippen LogP contribution is -2.12. The highest BCUT2D eigenvalue weighted by Crippen LogP contribution is 2.24. The van der Waals surface area contributed by atoms with Crippen LogP contribution in [0.3, 0.4) is 0 Å². The summed E-state index contributed by atoms with van der Waals surface area (Å²) >= 11 is 1.36. The van der Waals surface area contributed by atoms with E-state index < -0.39 is 0 Å². The van der Waals surface area contributed by atoms with Gasteiger partial charge in [0.1, 0.15) is 11.5 Å². The summed E-state index contributed by atoms with van der Waals surface area (Å²) in [5.41, 5.74) is 3.76. The Morgan fingerprint density at radius 2 is 1.74 bits per heavy atom. The number of aromatic nitrogens is 3. The van der Waals surface area contributed by atoms with E-state index in [0.29, 0.717) is 22.3 Å². The number of hydrogen-bond donors (Lipinski definition) is 2. The van der Waals surface area contributed by atoms with E-state index >= 15 is 0 Å². The minimum atomic E-state index is -0.260. The summed E-state index contributed by atoms with van der Waals surface area (Å²) in [6.07, 6.45) is 0.